The van der Waals surface area contributed by atoms with E-state index in [9.17, 15) is 0 Å². The lowest BCUT2D eigenvalue weighted by Gasteiger charge is -2.12. The summed E-state index contributed by atoms with van der Waals surface area (Å²) in [7, 11) is 1.93. The Kier molecular flexibility index (Phi) is 3.85. The Morgan fingerprint density at radius 2 is 2.33 bits per heavy atom. The normalized spacial score (nSPS) is 12.3. The molecule has 18 heavy (non-hydrogen) atoms. The number of nitrogens with zero attached hydrogens (tertiary/aromatic N) is 2. The maximum absolute atomic E-state index is 8.99. The highest BCUT2D eigenvalue weighted by Gasteiger charge is 2.10. The molecular formula is C14H17N3S. The Morgan fingerprint density at radius 1 is 1.56 bits per heavy atom. The molecule has 0 aliphatic carbocycles. The van der Waals surface area contributed by atoms with Crippen LogP contribution in [0.5, 0.6) is 0 Å². The molecule has 1 N–H and O–H groups in total. The fraction of sp³-hybridized carbons (Fsp3) is 0.357. The Bertz CT molecular complexity index is 561. The summed E-state index contributed by atoms with van der Waals surface area (Å²) < 4.78 is 1.94. The van der Waals surface area contributed by atoms with Gasteiger partial charge < -0.3 is 9.88 Å². The van der Waals surface area contributed by atoms with Gasteiger partial charge in [0.05, 0.1) is 0 Å². The zero-order chi connectivity index (χ0) is 13.1. The summed E-state index contributed by atoms with van der Waals surface area (Å²) in [5, 5.41) is 14.6. The number of nitriles is 1. The van der Waals surface area contributed by atoms with Gasteiger partial charge in [-0.1, -0.05) is 6.07 Å². The van der Waals surface area contributed by atoms with E-state index < -0.39 is 0 Å². The zero-order valence-electron chi connectivity index (χ0n) is 10.9. The lowest BCUT2D eigenvalue weighted by Crippen LogP contribution is -2.17. The van der Waals surface area contributed by atoms with E-state index in [-0.39, 0.29) is 0 Å². The van der Waals surface area contributed by atoms with Crippen LogP contribution in [0, 0.1) is 18.3 Å². The van der Waals surface area contributed by atoms with Crippen LogP contribution in [0.3, 0.4) is 0 Å². The Morgan fingerprint density at radius 3 is 2.89 bits per heavy atom. The standard InChI is InChI=1S/C14H17N3S/c1-10(14-5-4-6-18-14)16-9-12-7-13(8-15)17(3)11(12)2/h4-7,10,16H,9H2,1-3H3/t10-/m1/s1. The summed E-state index contributed by atoms with van der Waals surface area (Å²) in [5.74, 6) is 0. The van der Waals surface area contributed by atoms with Crippen LogP contribution >= 0.6 is 11.3 Å². The molecule has 0 spiro atoms. The van der Waals surface area contributed by atoms with Gasteiger partial charge in [0.15, 0.2) is 0 Å². The fourth-order valence-corrected chi connectivity index (χ4v) is 2.71. The van der Waals surface area contributed by atoms with Gasteiger partial charge in [0.25, 0.3) is 0 Å². The lowest BCUT2D eigenvalue weighted by molar-refractivity contribution is 0.580. The zero-order valence-corrected chi connectivity index (χ0v) is 11.7. The first-order valence-electron chi connectivity index (χ1n) is 5.95. The Balaban J connectivity index is 2.05. The number of nitrogens with one attached hydrogen (secondary N) is 1. The average Bonchev–Trinajstić information content (AvgIpc) is 2.98. The van der Waals surface area contributed by atoms with Gasteiger partial charge in [-0.2, -0.15) is 5.26 Å². The summed E-state index contributed by atoms with van der Waals surface area (Å²) in [5.41, 5.74) is 3.06. The van der Waals surface area contributed by atoms with Crippen LogP contribution < -0.4 is 5.32 Å². The molecule has 0 amide bonds. The first-order chi connectivity index (χ1) is 8.63. The number of hydrogen-bond acceptors (Lipinski definition) is 3. The van der Waals surface area contributed by atoms with Crippen molar-refractivity contribution in [1.29, 1.82) is 5.26 Å². The molecule has 0 fully saturated rings. The second-order valence-electron chi connectivity index (χ2n) is 4.43. The monoisotopic (exact) mass is 259 g/mol. The van der Waals surface area contributed by atoms with Crippen molar-refractivity contribution in [3.05, 3.63) is 45.4 Å². The number of rotatable bonds is 4. The maximum atomic E-state index is 8.99. The number of hydrogen-bond donors (Lipinski definition) is 1. The first kappa shape index (κ1) is 12.9. The van der Waals surface area contributed by atoms with Gasteiger partial charge in [-0.25, -0.2) is 0 Å². The van der Waals surface area contributed by atoms with Crippen LogP contribution in [-0.4, -0.2) is 4.57 Å². The molecule has 2 rings (SSSR count). The summed E-state index contributed by atoms with van der Waals surface area (Å²) in [6.45, 7) is 5.00. The van der Waals surface area contributed by atoms with E-state index in [1.54, 1.807) is 11.3 Å². The number of thiophene rings is 1. The molecule has 0 unspecified atom stereocenters. The van der Waals surface area contributed by atoms with E-state index in [1.807, 2.05) is 24.6 Å². The second kappa shape index (κ2) is 5.38. The summed E-state index contributed by atoms with van der Waals surface area (Å²) in [4.78, 5) is 1.34. The summed E-state index contributed by atoms with van der Waals surface area (Å²) in [6.07, 6.45) is 0. The molecule has 0 aliphatic heterocycles. The van der Waals surface area contributed by atoms with Crippen LogP contribution in [0.25, 0.3) is 0 Å². The predicted octanol–water partition coefficient (Wildman–Crippen LogP) is 3.12. The molecule has 2 heterocycles. The molecule has 1 atom stereocenters. The molecule has 4 heteroatoms. The van der Waals surface area contributed by atoms with Crippen molar-refractivity contribution in [2.45, 2.75) is 26.4 Å². The third kappa shape index (κ3) is 2.47. The van der Waals surface area contributed by atoms with Gasteiger partial charge in [-0.3, -0.25) is 0 Å². The maximum Gasteiger partial charge on any atom is 0.120 e. The van der Waals surface area contributed by atoms with Crippen LogP contribution in [0.1, 0.15) is 34.8 Å². The Hall–Kier alpha value is -1.57. The minimum Gasteiger partial charge on any atom is -0.340 e. The van der Waals surface area contributed by atoms with Gasteiger partial charge in [0, 0.05) is 30.2 Å². The molecule has 0 bridgehead atoms. The molecule has 0 saturated carbocycles. The van der Waals surface area contributed by atoms with E-state index in [2.05, 4.69) is 35.8 Å². The van der Waals surface area contributed by atoms with Crippen LogP contribution in [0.4, 0.5) is 0 Å². The minimum atomic E-state index is 0.343. The van der Waals surface area contributed by atoms with Gasteiger partial charge in [-0.05, 0) is 36.9 Å². The third-order valence-electron chi connectivity index (χ3n) is 3.32. The summed E-state index contributed by atoms with van der Waals surface area (Å²) >= 11 is 1.76. The second-order valence-corrected chi connectivity index (χ2v) is 5.41. The Labute approximate surface area is 112 Å². The molecule has 2 aromatic rings. The van der Waals surface area contributed by atoms with Crippen molar-refractivity contribution in [2.75, 3.05) is 0 Å². The topological polar surface area (TPSA) is 40.8 Å². The molecule has 0 aliphatic rings. The highest BCUT2D eigenvalue weighted by atomic mass is 32.1. The van der Waals surface area contributed by atoms with E-state index in [1.165, 1.54) is 10.4 Å². The van der Waals surface area contributed by atoms with Crippen molar-refractivity contribution in [2.24, 2.45) is 7.05 Å². The lowest BCUT2D eigenvalue weighted by atomic mass is 10.2. The average molecular weight is 259 g/mol. The van der Waals surface area contributed by atoms with Crippen LogP contribution in [0.15, 0.2) is 23.6 Å². The van der Waals surface area contributed by atoms with E-state index >= 15 is 0 Å². The summed E-state index contributed by atoms with van der Waals surface area (Å²) in [6, 6.07) is 8.72. The largest absolute Gasteiger partial charge is 0.340 e. The van der Waals surface area contributed by atoms with Crippen molar-refractivity contribution in [3.8, 4) is 6.07 Å². The fourth-order valence-electron chi connectivity index (χ4n) is 1.95. The van der Waals surface area contributed by atoms with E-state index in [4.69, 9.17) is 5.26 Å². The molecule has 0 saturated heterocycles. The first-order valence-corrected chi connectivity index (χ1v) is 6.83. The third-order valence-corrected chi connectivity index (χ3v) is 4.38. The number of aromatic nitrogens is 1. The van der Waals surface area contributed by atoms with Gasteiger partial charge in [0.1, 0.15) is 11.8 Å². The molecule has 0 radical (unpaired) electrons. The molecule has 94 valence electrons. The van der Waals surface area contributed by atoms with Crippen LogP contribution in [0.2, 0.25) is 0 Å². The van der Waals surface area contributed by atoms with Gasteiger partial charge in [0.2, 0.25) is 0 Å². The van der Waals surface area contributed by atoms with Crippen molar-refractivity contribution < 1.29 is 0 Å². The molecule has 2 aromatic heterocycles. The molecular weight excluding hydrogens is 242 g/mol. The highest BCUT2D eigenvalue weighted by Crippen LogP contribution is 2.20. The highest BCUT2D eigenvalue weighted by molar-refractivity contribution is 7.10. The van der Waals surface area contributed by atoms with E-state index in [0.717, 1.165) is 12.2 Å². The van der Waals surface area contributed by atoms with E-state index in [0.29, 0.717) is 11.7 Å². The molecule has 3 nitrogen and oxygen atoms in total. The smallest absolute Gasteiger partial charge is 0.120 e. The van der Waals surface area contributed by atoms with Gasteiger partial charge in [-0.15, -0.1) is 11.3 Å². The SMILES string of the molecule is Cc1c(CN[C@H](C)c2cccs2)cc(C#N)n1C. The van der Waals surface area contributed by atoms with Gasteiger partial charge >= 0.3 is 0 Å². The molecule has 0 aromatic carbocycles. The quantitative estimate of drug-likeness (QED) is 0.916. The van der Waals surface area contributed by atoms with Crippen molar-refractivity contribution >= 4 is 11.3 Å². The predicted molar refractivity (Wildman–Crippen MR) is 74.4 cm³/mol. The van der Waals surface area contributed by atoms with Crippen molar-refractivity contribution in [3.63, 3.8) is 0 Å². The minimum absolute atomic E-state index is 0.343. The van der Waals surface area contributed by atoms with Crippen molar-refractivity contribution in [1.82, 2.24) is 9.88 Å². The van der Waals surface area contributed by atoms with Crippen LogP contribution in [-0.2, 0) is 13.6 Å².